The lowest BCUT2D eigenvalue weighted by Crippen LogP contribution is -2.23. The Labute approximate surface area is 117 Å². The molecule has 1 unspecified atom stereocenters. The second-order valence-corrected chi connectivity index (χ2v) is 4.67. The molecular formula is C13H17ClN4O. The number of aliphatic hydroxyl groups is 1. The predicted molar refractivity (Wildman–Crippen MR) is 73.8 cm³/mol. The number of nitrogens with zero attached hydrogens (tertiary/aromatic N) is 3. The van der Waals surface area contributed by atoms with Crippen molar-refractivity contribution in [3.63, 3.8) is 0 Å². The van der Waals surface area contributed by atoms with Crippen LogP contribution >= 0.6 is 11.6 Å². The highest BCUT2D eigenvalue weighted by Crippen LogP contribution is 2.15. The molecule has 1 heterocycles. The molecule has 2 rings (SSSR count). The summed E-state index contributed by atoms with van der Waals surface area (Å²) in [6, 6.07) is 7.19. The molecule has 2 N–H and O–H groups in total. The van der Waals surface area contributed by atoms with E-state index in [1.54, 1.807) is 18.5 Å². The maximum atomic E-state index is 10.0. The van der Waals surface area contributed by atoms with Crippen molar-refractivity contribution in [1.82, 2.24) is 20.1 Å². The van der Waals surface area contributed by atoms with Crippen molar-refractivity contribution in [3.05, 3.63) is 47.0 Å². The number of nitrogens with one attached hydrogen (secondary N) is 1. The fraction of sp³-hybridized carbons (Fsp3) is 0.385. The number of aryl methyl sites for hydroxylation is 1. The van der Waals surface area contributed by atoms with Crippen LogP contribution in [0.2, 0.25) is 5.02 Å². The summed E-state index contributed by atoms with van der Waals surface area (Å²) >= 11 is 5.81. The second-order valence-electron chi connectivity index (χ2n) is 4.23. The first-order chi connectivity index (χ1) is 9.20. The zero-order valence-electron chi connectivity index (χ0n) is 10.8. The number of hydrogen-bond donors (Lipinski definition) is 2. The summed E-state index contributed by atoms with van der Waals surface area (Å²) in [5.74, 6) is 0.866. The summed E-state index contributed by atoms with van der Waals surface area (Å²) in [6.07, 6.45) is 1.14. The zero-order valence-corrected chi connectivity index (χ0v) is 11.5. The molecule has 0 fully saturated rings. The molecule has 0 radical (unpaired) electrons. The van der Waals surface area contributed by atoms with E-state index in [1.807, 2.05) is 23.6 Å². The third kappa shape index (κ3) is 3.76. The summed E-state index contributed by atoms with van der Waals surface area (Å²) in [5.41, 5.74) is 0.842. The van der Waals surface area contributed by atoms with E-state index in [0.29, 0.717) is 18.1 Å². The van der Waals surface area contributed by atoms with Crippen molar-refractivity contribution in [3.8, 4) is 0 Å². The molecule has 0 amide bonds. The van der Waals surface area contributed by atoms with Crippen molar-refractivity contribution < 1.29 is 5.11 Å². The molecule has 0 aliphatic carbocycles. The van der Waals surface area contributed by atoms with Crippen molar-refractivity contribution in [2.24, 2.45) is 0 Å². The van der Waals surface area contributed by atoms with E-state index in [9.17, 15) is 5.11 Å². The van der Waals surface area contributed by atoms with Gasteiger partial charge in [0.15, 0.2) is 0 Å². The molecule has 1 atom stereocenters. The summed E-state index contributed by atoms with van der Waals surface area (Å²) in [7, 11) is 0. The van der Waals surface area contributed by atoms with Crippen LogP contribution in [0.25, 0.3) is 0 Å². The van der Waals surface area contributed by atoms with Gasteiger partial charge in [0.25, 0.3) is 0 Å². The SMILES string of the molecule is CCn1cnnc1CNCC(O)c1ccc(Cl)cc1. The smallest absolute Gasteiger partial charge is 0.146 e. The summed E-state index contributed by atoms with van der Waals surface area (Å²) in [4.78, 5) is 0. The second kappa shape index (κ2) is 6.65. The first-order valence-electron chi connectivity index (χ1n) is 6.21. The van der Waals surface area contributed by atoms with E-state index in [1.165, 1.54) is 0 Å². The predicted octanol–water partition coefficient (Wildman–Crippen LogP) is 1.77. The molecule has 1 aromatic heterocycles. The molecule has 0 aliphatic rings. The van der Waals surface area contributed by atoms with E-state index < -0.39 is 6.10 Å². The number of aromatic nitrogens is 3. The largest absolute Gasteiger partial charge is 0.387 e. The highest BCUT2D eigenvalue weighted by Gasteiger charge is 2.08. The van der Waals surface area contributed by atoms with Gasteiger partial charge in [-0.15, -0.1) is 10.2 Å². The Morgan fingerprint density at radius 3 is 2.79 bits per heavy atom. The molecule has 5 nitrogen and oxygen atoms in total. The highest BCUT2D eigenvalue weighted by atomic mass is 35.5. The van der Waals surface area contributed by atoms with Gasteiger partial charge in [-0.05, 0) is 24.6 Å². The van der Waals surface area contributed by atoms with Crippen LogP contribution < -0.4 is 5.32 Å². The molecule has 19 heavy (non-hydrogen) atoms. The first-order valence-corrected chi connectivity index (χ1v) is 6.59. The van der Waals surface area contributed by atoms with Gasteiger partial charge >= 0.3 is 0 Å². The number of rotatable bonds is 6. The average Bonchev–Trinajstić information content (AvgIpc) is 2.87. The van der Waals surface area contributed by atoms with Gasteiger partial charge in [0.1, 0.15) is 12.2 Å². The van der Waals surface area contributed by atoms with Gasteiger partial charge in [-0.3, -0.25) is 0 Å². The Hall–Kier alpha value is -1.43. The van der Waals surface area contributed by atoms with Crippen LogP contribution in [0.1, 0.15) is 24.4 Å². The lowest BCUT2D eigenvalue weighted by Gasteiger charge is -2.12. The van der Waals surface area contributed by atoms with E-state index in [4.69, 9.17) is 11.6 Å². The quantitative estimate of drug-likeness (QED) is 0.847. The molecule has 0 bridgehead atoms. The third-order valence-electron chi connectivity index (χ3n) is 2.91. The maximum absolute atomic E-state index is 10.0. The van der Waals surface area contributed by atoms with E-state index >= 15 is 0 Å². The van der Waals surface area contributed by atoms with Gasteiger partial charge in [-0.25, -0.2) is 0 Å². The molecule has 1 aromatic carbocycles. The van der Waals surface area contributed by atoms with Gasteiger partial charge in [-0.1, -0.05) is 23.7 Å². The first kappa shape index (κ1) is 14.0. The zero-order chi connectivity index (χ0) is 13.7. The fourth-order valence-electron chi connectivity index (χ4n) is 1.80. The highest BCUT2D eigenvalue weighted by molar-refractivity contribution is 6.30. The minimum atomic E-state index is -0.560. The van der Waals surface area contributed by atoms with E-state index in [2.05, 4.69) is 15.5 Å². The monoisotopic (exact) mass is 280 g/mol. The van der Waals surface area contributed by atoms with Gasteiger partial charge in [-0.2, -0.15) is 0 Å². The van der Waals surface area contributed by atoms with Crippen LogP contribution in [-0.4, -0.2) is 26.4 Å². The van der Waals surface area contributed by atoms with Gasteiger partial charge in [0.05, 0.1) is 12.6 Å². The van der Waals surface area contributed by atoms with Crippen molar-refractivity contribution in [2.45, 2.75) is 26.1 Å². The minimum absolute atomic E-state index is 0.457. The molecule has 0 aliphatic heterocycles. The Kier molecular flexibility index (Phi) is 4.90. The lowest BCUT2D eigenvalue weighted by atomic mass is 10.1. The fourth-order valence-corrected chi connectivity index (χ4v) is 1.93. The van der Waals surface area contributed by atoms with Crippen LogP contribution in [0.4, 0.5) is 0 Å². The Morgan fingerprint density at radius 2 is 2.11 bits per heavy atom. The van der Waals surface area contributed by atoms with Gasteiger partial charge < -0.3 is 15.0 Å². The Morgan fingerprint density at radius 1 is 1.37 bits per heavy atom. The molecule has 6 heteroatoms. The topological polar surface area (TPSA) is 63.0 Å². The van der Waals surface area contributed by atoms with Crippen LogP contribution in [0.5, 0.6) is 0 Å². The molecule has 0 saturated carbocycles. The third-order valence-corrected chi connectivity index (χ3v) is 3.16. The Bertz CT molecular complexity index is 512. The van der Waals surface area contributed by atoms with Gasteiger partial charge in [0.2, 0.25) is 0 Å². The minimum Gasteiger partial charge on any atom is -0.387 e. The maximum Gasteiger partial charge on any atom is 0.146 e. The Balaban J connectivity index is 1.84. The molecule has 0 spiro atoms. The standard InChI is InChI=1S/C13H17ClN4O/c1-2-18-9-16-17-13(18)8-15-7-12(19)10-3-5-11(14)6-4-10/h3-6,9,12,15,19H,2,7-8H2,1H3. The van der Waals surface area contributed by atoms with Gasteiger partial charge in [0, 0.05) is 18.1 Å². The summed E-state index contributed by atoms with van der Waals surface area (Å²) in [6.45, 7) is 3.91. The number of aliphatic hydroxyl groups excluding tert-OH is 1. The van der Waals surface area contributed by atoms with Crippen LogP contribution in [0, 0.1) is 0 Å². The molecular weight excluding hydrogens is 264 g/mol. The summed E-state index contributed by atoms with van der Waals surface area (Å²) < 4.78 is 1.96. The van der Waals surface area contributed by atoms with E-state index in [-0.39, 0.29) is 0 Å². The lowest BCUT2D eigenvalue weighted by molar-refractivity contribution is 0.174. The van der Waals surface area contributed by atoms with Crippen molar-refractivity contribution in [1.29, 1.82) is 0 Å². The van der Waals surface area contributed by atoms with E-state index in [0.717, 1.165) is 17.9 Å². The van der Waals surface area contributed by atoms with Crippen LogP contribution in [0.15, 0.2) is 30.6 Å². The van der Waals surface area contributed by atoms with Crippen molar-refractivity contribution in [2.75, 3.05) is 6.54 Å². The number of benzene rings is 1. The average molecular weight is 281 g/mol. The molecule has 0 saturated heterocycles. The summed E-state index contributed by atoms with van der Waals surface area (Å²) in [5, 5.41) is 21.7. The van der Waals surface area contributed by atoms with Crippen LogP contribution in [-0.2, 0) is 13.1 Å². The molecule has 2 aromatic rings. The number of hydrogen-bond acceptors (Lipinski definition) is 4. The normalized spacial score (nSPS) is 12.6. The van der Waals surface area contributed by atoms with Crippen LogP contribution in [0.3, 0.4) is 0 Å². The molecule has 102 valence electrons. The number of halogens is 1. The van der Waals surface area contributed by atoms with Crippen molar-refractivity contribution >= 4 is 11.6 Å².